The quantitative estimate of drug-likeness (QED) is 0.305. The number of hydrogen-bond acceptors (Lipinski definition) is 6. The van der Waals surface area contributed by atoms with Crippen LogP contribution in [0.1, 0.15) is 17.8 Å². The van der Waals surface area contributed by atoms with E-state index in [-0.39, 0.29) is 0 Å². The fourth-order valence-corrected chi connectivity index (χ4v) is 3.87. The van der Waals surface area contributed by atoms with Crippen molar-refractivity contribution in [3.8, 4) is 11.5 Å². The SMILES string of the molecule is CN(C)CCCNc1nc(CN(C)Cc2cccc(Oc3ccccc3)c2)nc2ccccc12. The van der Waals surface area contributed by atoms with Gasteiger partial charge in [0.15, 0.2) is 0 Å². The number of nitrogens with one attached hydrogen (secondary N) is 1. The van der Waals surface area contributed by atoms with Crippen LogP contribution in [0.3, 0.4) is 0 Å². The van der Waals surface area contributed by atoms with Crippen molar-refractivity contribution < 1.29 is 4.74 Å². The molecule has 0 unspecified atom stereocenters. The lowest BCUT2D eigenvalue weighted by Gasteiger charge is -2.18. The molecule has 0 bridgehead atoms. The summed E-state index contributed by atoms with van der Waals surface area (Å²) in [6.45, 7) is 3.34. The van der Waals surface area contributed by atoms with Crippen molar-refractivity contribution in [2.24, 2.45) is 0 Å². The lowest BCUT2D eigenvalue weighted by atomic mass is 10.2. The normalized spacial score (nSPS) is 11.3. The largest absolute Gasteiger partial charge is 0.457 e. The molecule has 1 N–H and O–H groups in total. The smallest absolute Gasteiger partial charge is 0.145 e. The fourth-order valence-electron chi connectivity index (χ4n) is 3.87. The van der Waals surface area contributed by atoms with Gasteiger partial charge in [-0.2, -0.15) is 0 Å². The van der Waals surface area contributed by atoms with Crippen LogP contribution < -0.4 is 10.1 Å². The zero-order chi connectivity index (χ0) is 23.8. The summed E-state index contributed by atoms with van der Waals surface area (Å²) in [4.78, 5) is 14.1. The van der Waals surface area contributed by atoms with E-state index < -0.39 is 0 Å². The minimum Gasteiger partial charge on any atom is -0.457 e. The summed E-state index contributed by atoms with van der Waals surface area (Å²) in [6, 6.07) is 26.3. The summed E-state index contributed by atoms with van der Waals surface area (Å²) < 4.78 is 5.99. The maximum atomic E-state index is 5.99. The molecule has 0 aliphatic rings. The molecule has 1 heterocycles. The second kappa shape index (κ2) is 11.6. The highest BCUT2D eigenvalue weighted by Gasteiger charge is 2.10. The molecule has 4 rings (SSSR count). The predicted octanol–water partition coefficient (Wildman–Crippen LogP) is 5.42. The van der Waals surface area contributed by atoms with Gasteiger partial charge in [-0.15, -0.1) is 0 Å². The Morgan fingerprint density at radius 2 is 1.56 bits per heavy atom. The first kappa shape index (κ1) is 23.7. The molecule has 6 nitrogen and oxygen atoms in total. The van der Waals surface area contributed by atoms with Gasteiger partial charge in [-0.25, -0.2) is 9.97 Å². The molecular weight excluding hydrogens is 422 g/mol. The molecule has 0 saturated heterocycles. The molecule has 176 valence electrons. The molecule has 0 atom stereocenters. The van der Waals surface area contributed by atoms with Gasteiger partial charge in [0.05, 0.1) is 12.1 Å². The van der Waals surface area contributed by atoms with Crippen molar-refractivity contribution in [1.29, 1.82) is 0 Å². The van der Waals surface area contributed by atoms with E-state index in [1.165, 1.54) is 5.56 Å². The number of fused-ring (bicyclic) bond motifs is 1. The number of anilines is 1. The molecule has 3 aromatic carbocycles. The van der Waals surface area contributed by atoms with E-state index in [2.05, 4.69) is 60.5 Å². The highest BCUT2D eigenvalue weighted by atomic mass is 16.5. The topological polar surface area (TPSA) is 53.5 Å². The molecule has 0 fully saturated rings. The van der Waals surface area contributed by atoms with E-state index in [0.717, 1.165) is 60.1 Å². The Bertz CT molecular complexity index is 1200. The summed E-state index contributed by atoms with van der Waals surface area (Å²) in [5.74, 6) is 3.39. The zero-order valence-electron chi connectivity index (χ0n) is 20.2. The fraction of sp³-hybridized carbons (Fsp3) is 0.286. The summed E-state index contributed by atoms with van der Waals surface area (Å²) in [7, 11) is 6.28. The average Bonchev–Trinajstić information content (AvgIpc) is 2.82. The van der Waals surface area contributed by atoms with Crippen molar-refractivity contribution in [3.63, 3.8) is 0 Å². The first-order chi connectivity index (χ1) is 16.6. The highest BCUT2D eigenvalue weighted by Crippen LogP contribution is 2.23. The Labute approximate surface area is 202 Å². The predicted molar refractivity (Wildman–Crippen MR) is 139 cm³/mol. The standard InChI is InChI=1S/C28H33N5O/c1-32(2)18-10-17-29-28-25-15-7-8-16-26(25)30-27(31-28)21-33(3)20-22-11-9-14-24(19-22)34-23-12-5-4-6-13-23/h4-9,11-16,19H,10,17-18,20-21H2,1-3H3,(H,29,30,31). The van der Waals surface area contributed by atoms with Gasteiger partial charge in [-0.05, 0) is 76.1 Å². The van der Waals surface area contributed by atoms with Crippen molar-refractivity contribution in [3.05, 3.63) is 90.3 Å². The minimum absolute atomic E-state index is 0.654. The first-order valence-electron chi connectivity index (χ1n) is 11.7. The first-order valence-corrected chi connectivity index (χ1v) is 11.7. The third-order valence-corrected chi connectivity index (χ3v) is 5.47. The Morgan fingerprint density at radius 3 is 2.38 bits per heavy atom. The third kappa shape index (κ3) is 6.76. The lowest BCUT2D eigenvalue weighted by molar-refractivity contribution is 0.310. The molecule has 34 heavy (non-hydrogen) atoms. The van der Waals surface area contributed by atoms with Crippen molar-refractivity contribution >= 4 is 16.7 Å². The Kier molecular flexibility index (Phi) is 8.07. The van der Waals surface area contributed by atoms with Gasteiger partial charge in [0.2, 0.25) is 0 Å². The molecule has 0 radical (unpaired) electrons. The number of para-hydroxylation sites is 2. The minimum atomic E-state index is 0.654. The van der Waals surface area contributed by atoms with Crippen LogP contribution >= 0.6 is 0 Å². The molecular formula is C28H33N5O. The molecule has 1 aromatic heterocycles. The Morgan fingerprint density at radius 1 is 0.794 bits per heavy atom. The Hall–Kier alpha value is -3.48. The van der Waals surface area contributed by atoms with Crippen LogP contribution in [0.5, 0.6) is 11.5 Å². The van der Waals surface area contributed by atoms with Gasteiger partial charge < -0.3 is 15.0 Å². The van der Waals surface area contributed by atoms with Crippen LogP contribution in [0, 0.1) is 0 Å². The van der Waals surface area contributed by atoms with E-state index in [4.69, 9.17) is 14.7 Å². The highest BCUT2D eigenvalue weighted by molar-refractivity contribution is 5.88. The summed E-state index contributed by atoms with van der Waals surface area (Å²) in [5.41, 5.74) is 2.15. The van der Waals surface area contributed by atoms with Crippen LogP contribution in [0.2, 0.25) is 0 Å². The van der Waals surface area contributed by atoms with Gasteiger partial charge in [0.25, 0.3) is 0 Å². The third-order valence-electron chi connectivity index (χ3n) is 5.47. The molecule has 0 aliphatic heterocycles. The van der Waals surface area contributed by atoms with E-state index in [0.29, 0.717) is 6.54 Å². The second-order valence-corrected chi connectivity index (χ2v) is 8.82. The van der Waals surface area contributed by atoms with Gasteiger partial charge in [-0.1, -0.05) is 42.5 Å². The van der Waals surface area contributed by atoms with E-state index >= 15 is 0 Å². The zero-order valence-corrected chi connectivity index (χ0v) is 20.2. The van der Waals surface area contributed by atoms with Crippen molar-refractivity contribution in [2.75, 3.05) is 39.5 Å². The van der Waals surface area contributed by atoms with Crippen LogP contribution in [0.15, 0.2) is 78.9 Å². The number of nitrogens with zero attached hydrogens (tertiary/aromatic N) is 4. The lowest BCUT2D eigenvalue weighted by Crippen LogP contribution is -2.20. The maximum absolute atomic E-state index is 5.99. The molecule has 0 amide bonds. The van der Waals surface area contributed by atoms with Gasteiger partial charge >= 0.3 is 0 Å². The van der Waals surface area contributed by atoms with Gasteiger partial charge in [0, 0.05) is 18.5 Å². The van der Waals surface area contributed by atoms with Crippen LogP contribution in [0.4, 0.5) is 5.82 Å². The van der Waals surface area contributed by atoms with Crippen LogP contribution in [-0.4, -0.2) is 54.0 Å². The molecule has 0 aliphatic carbocycles. The van der Waals surface area contributed by atoms with Crippen LogP contribution in [0.25, 0.3) is 10.9 Å². The average molecular weight is 456 g/mol. The molecule has 0 spiro atoms. The number of rotatable bonds is 11. The monoisotopic (exact) mass is 455 g/mol. The van der Waals surface area contributed by atoms with Crippen molar-refractivity contribution in [2.45, 2.75) is 19.5 Å². The molecule has 6 heteroatoms. The van der Waals surface area contributed by atoms with Crippen LogP contribution in [-0.2, 0) is 13.1 Å². The van der Waals surface area contributed by atoms with Crippen molar-refractivity contribution in [1.82, 2.24) is 19.8 Å². The summed E-state index contributed by atoms with van der Waals surface area (Å²) in [6.07, 6.45) is 1.06. The second-order valence-electron chi connectivity index (χ2n) is 8.82. The summed E-state index contributed by atoms with van der Waals surface area (Å²) >= 11 is 0. The van der Waals surface area contributed by atoms with Gasteiger partial charge in [0.1, 0.15) is 23.1 Å². The Balaban J connectivity index is 1.43. The maximum Gasteiger partial charge on any atom is 0.145 e. The number of aromatic nitrogens is 2. The molecule has 0 saturated carbocycles. The van der Waals surface area contributed by atoms with E-state index in [9.17, 15) is 0 Å². The van der Waals surface area contributed by atoms with E-state index in [1.54, 1.807) is 0 Å². The number of hydrogen-bond donors (Lipinski definition) is 1. The molecule has 4 aromatic rings. The van der Waals surface area contributed by atoms with E-state index in [1.807, 2.05) is 54.6 Å². The number of benzene rings is 3. The van der Waals surface area contributed by atoms with Gasteiger partial charge in [-0.3, -0.25) is 4.90 Å². The number of ether oxygens (including phenoxy) is 1. The summed E-state index contributed by atoms with van der Waals surface area (Å²) in [5, 5.41) is 4.58.